The van der Waals surface area contributed by atoms with E-state index in [2.05, 4.69) is 29.1 Å². The summed E-state index contributed by atoms with van der Waals surface area (Å²) in [7, 11) is 4.06. The molecule has 0 atom stereocenters. The van der Waals surface area contributed by atoms with Crippen LogP contribution in [0.25, 0.3) is 0 Å². The molecule has 1 aliphatic rings. The van der Waals surface area contributed by atoms with Gasteiger partial charge in [0.15, 0.2) is 0 Å². The molecule has 1 aromatic heterocycles. The number of hydrogen-bond acceptors (Lipinski definition) is 2. The van der Waals surface area contributed by atoms with Crippen LogP contribution in [0.15, 0.2) is 0 Å². The average molecular weight is 207 g/mol. The maximum Gasteiger partial charge on any atom is 0.0794 e. The molecule has 0 unspecified atom stereocenters. The summed E-state index contributed by atoms with van der Waals surface area (Å²) >= 11 is 0. The van der Waals surface area contributed by atoms with E-state index >= 15 is 0 Å². The number of aromatic nitrogens is 2. The van der Waals surface area contributed by atoms with E-state index in [1.807, 2.05) is 7.05 Å². The molecule has 0 saturated heterocycles. The van der Waals surface area contributed by atoms with Crippen LogP contribution < -0.4 is 5.32 Å². The van der Waals surface area contributed by atoms with Gasteiger partial charge >= 0.3 is 0 Å². The first-order valence-electron chi connectivity index (χ1n) is 5.91. The number of hydrogen-bond donors (Lipinski definition) is 1. The van der Waals surface area contributed by atoms with Crippen molar-refractivity contribution >= 4 is 0 Å². The summed E-state index contributed by atoms with van der Waals surface area (Å²) in [6.45, 7) is 3.10. The van der Waals surface area contributed by atoms with Crippen LogP contribution in [0.2, 0.25) is 0 Å². The summed E-state index contributed by atoms with van der Waals surface area (Å²) in [6.07, 6.45) is 5.46. The predicted molar refractivity (Wildman–Crippen MR) is 61.9 cm³/mol. The van der Waals surface area contributed by atoms with Gasteiger partial charge in [0.25, 0.3) is 0 Å². The molecule has 0 radical (unpaired) electrons. The number of nitrogens with zero attached hydrogens (tertiary/aromatic N) is 2. The van der Waals surface area contributed by atoms with Crippen LogP contribution in [0, 0.1) is 6.92 Å². The van der Waals surface area contributed by atoms with Gasteiger partial charge in [0.05, 0.1) is 5.69 Å². The fraction of sp³-hybridized carbons (Fsp3) is 0.750. The molecule has 0 aromatic carbocycles. The smallest absolute Gasteiger partial charge is 0.0794 e. The van der Waals surface area contributed by atoms with Crippen LogP contribution in [0.1, 0.15) is 48.6 Å². The topological polar surface area (TPSA) is 29.9 Å². The van der Waals surface area contributed by atoms with Gasteiger partial charge in [-0.25, -0.2) is 0 Å². The zero-order valence-electron chi connectivity index (χ0n) is 10.0. The minimum Gasteiger partial charge on any atom is -0.314 e. The Morgan fingerprint density at radius 1 is 1.40 bits per heavy atom. The van der Waals surface area contributed by atoms with E-state index in [-0.39, 0.29) is 0 Å². The molecule has 1 saturated carbocycles. The summed E-state index contributed by atoms with van der Waals surface area (Å²) in [5.41, 5.74) is 4.08. The molecule has 1 fully saturated rings. The second-order valence-corrected chi connectivity index (χ2v) is 4.59. The highest BCUT2D eigenvalue weighted by Crippen LogP contribution is 2.36. The molecule has 0 amide bonds. The van der Waals surface area contributed by atoms with Gasteiger partial charge < -0.3 is 5.32 Å². The van der Waals surface area contributed by atoms with Gasteiger partial charge in [-0.2, -0.15) is 5.10 Å². The molecule has 2 rings (SSSR count). The van der Waals surface area contributed by atoms with Crippen molar-refractivity contribution in [1.29, 1.82) is 0 Å². The third kappa shape index (κ3) is 1.93. The Morgan fingerprint density at radius 3 is 2.67 bits per heavy atom. The summed E-state index contributed by atoms with van der Waals surface area (Å²) < 4.78 is 2.10. The standard InChI is InChI=1S/C12H21N3/c1-9-11(8-13-2)14-15(3)12(9)10-6-4-5-7-10/h10,13H,4-8H2,1-3H3. The van der Waals surface area contributed by atoms with Crippen LogP contribution in [0.5, 0.6) is 0 Å². The first-order chi connectivity index (χ1) is 7.24. The van der Waals surface area contributed by atoms with Gasteiger partial charge in [-0.3, -0.25) is 4.68 Å². The zero-order valence-corrected chi connectivity index (χ0v) is 10.0. The SMILES string of the molecule is CNCc1nn(C)c(C2CCCC2)c1C. The second-order valence-electron chi connectivity index (χ2n) is 4.59. The van der Waals surface area contributed by atoms with Gasteiger partial charge in [0.2, 0.25) is 0 Å². The van der Waals surface area contributed by atoms with E-state index in [0.29, 0.717) is 0 Å². The van der Waals surface area contributed by atoms with Gasteiger partial charge in [-0.05, 0) is 32.4 Å². The van der Waals surface area contributed by atoms with Crippen molar-refractivity contribution in [3.63, 3.8) is 0 Å². The molecule has 1 aromatic rings. The maximum absolute atomic E-state index is 4.60. The van der Waals surface area contributed by atoms with E-state index in [4.69, 9.17) is 0 Å². The molecule has 1 aliphatic carbocycles. The lowest BCUT2D eigenvalue weighted by molar-refractivity contribution is 0.609. The van der Waals surface area contributed by atoms with E-state index in [0.717, 1.165) is 12.5 Å². The van der Waals surface area contributed by atoms with Crippen molar-refractivity contribution in [2.45, 2.75) is 45.1 Å². The molecule has 15 heavy (non-hydrogen) atoms. The molecule has 0 spiro atoms. The fourth-order valence-electron chi connectivity index (χ4n) is 2.81. The normalized spacial score (nSPS) is 17.5. The van der Waals surface area contributed by atoms with Crippen LogP contribution in [-0.2, 0) is 13.6 Å². The van der Waals surface area contributed by atoms with Crippen molar-refractivity contribution in [3.05, 3.63) is 17.0 Å². The minimum absolute atomic E-state index is 0.758. The highest BCUT2D eigenvalue weighted by Gasteiger charge is 2.23. The Hall–Kier alpha value is -0.830. The first kappa shape index (κ1) is 10.7. The zero-order chi connectivity index (χ0) is 10.8. The van der Waals surface area contributed by atoms with Crippen LogP contribution in [-0.4, -0.2) is 16.8 Å². The second kappa shape index (κ2) is 4.35. The lowest BCUT2D eigenvalue weighted by Crippen LogP contribution is -2.07. The van der Waals surface area contributed by atoms with Crippen molar-refractivity contribution in [2.24, 2.45) is 7.05 Å². The molecule has 0 bridgehead atoms. The third-order valence-electron chi connectivity index (χ3n) is 3.52. The van der Waals surface area contributed by atoms with Crippen LogP contribution in [0.4, 0.5) is 0 Å². The molecule has 1 heterocycles. The molecule has 84 valence electrons. The third-order valence-corrected chi connectivity index (χ3v) is 3.52. The van der Waals surface area contributed by atoms with Gasteiger partial charge in [0.1, 0.15) is 0 Å². The van der Waals surface area contributed by atoms with E-state index in [1.54, 1.807) is 0 Å². The Labute approximate surface area is 91.9 Å². The Kier molecular flexibility index (Phi) is 3.10. The maximum atomic E-state index is 4.60. The Bertz CT molecular complexity index is 335. The van der Waals surface area contributed by atoms with Gasteiger partial charge in [-0.15, -0.1) is 0 Å². The summed E-state index contributed by atoms with van der Waals surface area (Å²) in [4.78, 5) is 0. The van der Waals surface area contributed by atoms with E-state index in [9.17, 15) is 0 Å². The highest BCUT2D eigenvalue weighted by atomic mass is 15.3. The van der Waals surface area contributed by atoms with Gasteiger partial charge in [0, 0.05) is 25.2 Å². The van der Waals surface area contributed by atoms with Crippen LogP contribution >= 0.6 is 0 Å². The van der Waals surface area contributed by atoms with Crippen molar-refractivity contribution < 1.29 is 0 Å². The monoisotopic (exact) mass is 207 g/mol. The van der Waals surface area contributed by atoms with Crippen LogP contribution in [0.3, 0.4) is 0 Å². The summed E-state index contributed by atoms with van der Waals surface area (Å²) in [6, 6.07) is 0. The Morgan fingerprint density at radius 2 is 2.07 bits per heavy atom. The largest absolute Gasteiger partial charge is 0.314 e. The number of aryl methyl sites for hydroxylation is 1. The molecule has 3 nitrogen and oxygen atoms in total. The van der Waals surface area contributed by atoms with Gasteiger partial charge in [-0.1, -0.05) is 12.8 Å². The average Bonchev–Trinajstić information content (AvgIpc) is 2.77. The predicted octanol–water partition coefficient (Wildman–Crippen LogP) is 2.11. The lowest BCUT2D eigenvalue weighted by Gasteiger charge is -2.10. The summed E-state index contributed by atoms with van der Waals surface area (Å²) in [5, 5.41) is 7.78. The highest BCUT2D eigenvalue weighted by molar-refractivity contribution is 5.28. The molecule has 0 aliphatic heterocycles. The van der Waals surface area contributed by atoms with E-state index < -0.39 is 0 Å². The fourth-order valence-corrected chi connectivity index (χ4v) is 2.81. The van der Waals surface area contributed by atoms with Crippen molar-refractivity contribution in [3.8, 4) is 0 Å². The Balaban J connectivity index is 2.29. The lowest BCUT2D eigenvalue weighted by atomic mass is 9.99. The molecule has 1 N–H and O–H groups in total. The first-order valence-corrected chi connectivity index (χ1v) is 5.91. The molecular formula is C12H21N3. The summed E-state index contributed by atoms with van der Waals surface area (Å²) in [5.74, 6) is 0.758. The number of rotatable bonds is 3. The minimum atomic E-state index is 0.758. The van der Waals surface area contributed by atoms with Crippen molar-refractivity contribution in [2.75, 3.05) is 7.05 Å². The molecular weight excluding hydrogens is 186 g/mol. The van der Waals surface area contributed by atoms with Crippen molar-refractivity contribution in [1.82, 2.24) is 15.1 Å². The van der Waals surface area contributed by atoms with E-state index in [1.165, 1.54) is 42.6 Å². The molecule has 3 heteroatoms. The quantitative estimate of drug-likeness (QED) is 0.822. The number of nitrogens with one attached hydrogen (secondary N) is 1.